The third-order valence-electron chi connectivity index (χ3n) is 3.29. The molecule has 0 radical (unpaired) electrons. The minimum absolute atomic E-state index is 0.0157. The zero-order chi connectivity index (χ0) is 14.4. The molecule has 0 aliphatic carbocycles. The van der Waals surface area contributed by atoms with Gasteiger partial charge in [0.15, 0.2) is 0 Å². The normalized spacial score (nSPS) is 12.7. The van der Waals surface area contributed by atoms with Crippen molar-refractivity contribution in [1.82, 2.24) is 4.90 Å². The maximum Gasteiger partial charge on any atom is 0.226 e. The van der Waals surface area contributed by atoms with Gasteiger partial charge in [0.25, 0.3) is 0 Å². The Morgan fingerprint density at radius 3 is 2.53 bits per heavy atom. The summed E-state index contributed by atoms with van der Waals surface area (Å²) in [5, 5.41) is 0. The number of carbonyl (C=O) groups is 1. The summed E-state index contributed by atoms with van der Waals surface area (Å²) in [6, 6.07) is 4.02. The van der Waals surface area contributed by atoms with Gasteiger partial charge in [0.05, 0.1) is 6.54 Å². The lowest BCUT2D eigenvalue weighted by Gasteiger charge is -2.28. The van der Waals surface area contributed by atoms with Crippen molar-refractivity contribution < 1.29 is 9.21 Å². The molecule has 1 heterocycles. The van der Waals surface area contributed by atoms with Crippen molar-refractivity contribution in [2.75, 3.05) is 6.54 Å². The highest BCUT2D eigenvalue weighted by Crippen LogP contribution is 2.17. The van der Waals surface area contributed by atoms with E-state index >= 15 is 0 Å². The lowest BCUT2D eigenvalue weighted by molar-refractivity contribution is -0.138. The highest BCUT2D eigenvalue weighted by Gasteiger charge is 2.23. The molecule has 1 rings (SSSR count). The molecule has 0 fully saturated rings. The fraction of sp³-hybridized carbons (Fsp3) is 0.667. The van der Waals surface area contributed by atoms with E-state index in [0.717, 1.165) is 24.4 Å². The first-order chi connectivity index (χ1) is 8.95. The van der Waals surface area contributed by atoms with Gasteiger partial charge >= 0.3 is 0 Å². The van der Waals surface area contributed by atoms with Crippen LogP contribution in [0.5, 0.6) is 0 Å². The third-order valence-corrected chi connectivity index (χ3v) is 3.29. The largest absolute Gasteiger partial charge is 0.464 e. The molecule has 1 aromatic heterocycles. The quantitative estimate of drug-likeness (QED) is 0.825. The standard InChI is InChI=1S/C15H26N2O2/c1-11(2)17(10-14-8-7-13(4)19-14)15(18)12(3)6-5-9-16/h7-8,11-12H,5-6,9-10,16H2,1-4H3. The average Bonchev–Trinajstić information content (AvgIpc) is 2.77. The highest BCUT2D eigenvalue weighted by atomic mass is 16.3. The van der Waals surface area contributed by atoms with Crippen LogP contribution in [0.2, 0.25) is 0 Å². The van der Waals surface area contributed by atoms with E-state index in [0.29, 0.717) is 13.1 Å². The van der Waals surface area contributed by atoms with Gasteiger partial charge in [-0.3, -0.25) is 4.79 Å². The Bertz CT molecular complexity index is 399. The summed E-state index contributed by atoms with van der Waals surface area (Å²) < 4.78 is 5.56. The van der Waals surface area contributed by atoms with Crippen molar-refractivity contribution in [2.24, 2.45) is 11.7 Å². The summed E-state index contributed by atoms with van der Waals surface area (Å²) >= 11 is 0. The first-order valence-electron chi connectivity index (χ1n) is 7.01. The van der Waals surface area contributed by atoms with E-state index in [1.54, 1.807) is 0 Å². The number of rotatable bonds is 7. The fourth-order valence-corrected chi connectivity index (χ4v) is 2.08. The van der Waals surface area contributed by atoms with Crippen LogP contribution in [0.4, 0.5) is 0 Å². The van der Waals surface area contributed by atoms with E-state index in [4.69, 9.17) is 10.2 Å². The molecule has 108 valence electrons. The molecule has 19 heavy (non-hydrogen) atoms. The summed E-state index contributed by atoms with van der Waals surface area (Å²) in [6.07, 6.45) is 1.73. The van der Waals surface area contributed by atoms with Crippen molar-refractivity contribution in [3.63, 3.8) is 0 Å². The van der Waals surface area contributed by atoms with Crippen LogP contribution in [-0.2, 0) is 11.3 Å². The van der Waals surface area contributed by atoms with E-state index in [1.165, 1.54) is 0 Å². The summed E-state index contributed by atoms with van der Waals surface area (Å²) in [5.41, 5.74) is 5.50. The van der Waals surface area contributed by atoms with Crippen LogP contribution < -0.4 is 5.73 Å². The number of hydrogen-bond donors (Lipinski definition) is 1. The lowest BCUT2D eigenvalue weighted by Crippen LogP contribution is -2.39. The first-order valence-corrected chi connectivity index (χ1v) is 7.01. The topological polar surface area (TPSA) is 59.5 Å². The summed E-state index contributed by atoms with van der Waals surface area (Å²) in [4.78, 5) is 14.3. The van der Waals surface area contributed by atoms with Gasteiger partial charge in [-0.2, -0.15) is 0 Å². The molecule has 0 spiro atoms. The van der Waals surface area contributed by atoms with E-state index < -0.39 is 0 Å². The molecule has 2 N–H and O–H groups in total. The van der Waals surface area contributed by atoms with Crippen LogP contribution in [0.15, 0.2) is 16.5 Å². The maximum atomic E-state index is 12.4. The van der Waals surface area contributed by atoms with Gasteiger partial charge in [0.1, 0.15) is 11.5 Å². The van der Waals surface area contributed by atoms with E-state index in [-0.39, 0.29) is 17.9 Å². The monoisotopic (exact) mass is 266 g/mol. The molecular weight excluding hydrogens is 240 g/mol. The number of amides is 1. The zero-order valence-corrected chi connectivity index (χ0v) is 12.5. The molecule has 0 aliphatic rings. The minimum atomic E-state index is 0.0157. The van der Waals surface area contributed by atoms with Crippen molar-refractivity contribution >= 4 is 5.91 Å². The first kappa shape index (κ1) is 15.8. The smallest absolute Gasteiger partial charge is 0.226 e. The van der Waals surface area contributed by atoms with Crippen LogP contribution in [0.1, 0.15) is 45.1 Å². The van der Waals surface area contributed by atoms with Crippen LogP contribution >= 0.6 is 0 Å². The van der Waals surface area contributed by atoms with Gasteiger partial charge in [0, 0.05) is 12.0 Å². The summed E-state index contributed by atoms with van der Waals surface area (Å²) in [5.74, 6) is 1.91. The number of nitrogens with zero attached hydrogens (tertiary/aromatic N) is 1. The van der Waals surface area contributed by atoms with Gasteiger partial charge < -0.3 is 15.1 Å². The Morgan fingerprint density at radius 2 is 2.05 bits per heavy atom. The molecular formula is C15H26N2O2. The third kappa shape index (κ3) is 4.71. The van der Waals surface area contributed by atoms with Crippen molar-refractivity contribution in [3.8, 4) is 0 Å². The van der Waals surface area contributed by atoms with Crippen molar-refractivity contribution in [2.45, 2.75) is 53.1 Å². The molecule has 4 nitrogen and oxygen atoms in total. The Labute approximate surface area is 116 Å². The average molecular weight is 266 g/mol. The van der Waals surface area contributed by atoms with Gasteiger partial charge in [-0.15, -0.1) is 0 Å². The molecule has 0 saturated carbocycles. The lowest BCUT2D eigenvalue weighted by atomic mass is 10.0. The zero-order valence-electron chi connectivity index (χ0n) is 12.5. The van der Waals surface area contributed by atoms with Crippen LogP contribution in [-0.4, -0.2) is 23.4 Å². The highest BCUT2D eigenvalue weighted by molar-refractivity contribution is 5.78. The fourth-order valence-electron chi connectivity index (χ4n) is 2.08. The van der Waals surface area contributed by atoms with E-state index in [2.05, 4.69) is 0 Å². The molecule has 1 unspecified atom stereocenters. The van der Waals surface area contributed by atoms with Gasteiger partial charge in [0.2, 0.25) is 5.91 Å². The van der Waals surface area contributed by atoms with E-state index in [1.807, 2.05) is 44.7 Å². The molecule has 1 aromatic rings. The maximum absolute atomic E-state index is 12.4. The number of furan rings is 1. The predicted octanol–water partition coefficient (Wildman–Crippen LogP) is 2.70. The molecule has 0 saturated heterocycles. The Balaban J connectivity index is 2.68. The van der Waals surface area contributed by atoms with Gasteiger partial charge in [-0.1, -0.05) is 6.92 Å². The summed E-state index contributed by atoms with van der Waals surface area (Å²) in [7, 11) is 0. The second-order valence-electron chi connectivity index (χ2n) is 5.40. The molecule has 0 aliphatic heterocycles. The second kappa shape index (κ2) is 7.34. The number of nitrogens with two attached hydrogens (primary N) is 1. The molecule has 0 aromatic carbocycles. The Hall–Kier alpha value is -1.29. The minimum Gasteiger partial charge on any atom is -0.464 e. The van der Waals surface area contributed by atoms with Gasteiger partial charge in [-0.25, -0.2) is 0 Å². The second-order valence-corrected chi connectivity index (χ2v) is 5.40. The molecule has 4 heteroatoms. The van der Waals surface area contributed by atoms with Crippen LogP contribution in [0.25, 0.3) is 0 Å². The Morgan fingerprint density at radius 1 is 1.37 bits per heavy atom. The van der Waals surface area contributed by atoms with Crippen LogP contribution in [0, 0.1) is 12.8 Å². The van der Waals surface area contributed by atoms with Crippen LogP contribution in [0.3, 0.4) is 0 Å². The SMILES string of the molecule is Cc1ccc(CN(C(=O)C(C)CCCN)C(C)C)o1. The molecule has 0 bridgehead atoms. The van der Waals surface area contributed by atoms with Gasteiger partial charge in [-0.05, 0) is 52.3 Å². The van der Waals surface area contributed by atoms with Crippen molar-refractivity contribution in [1.29, 1.82) is 0 Å². The predicted molar refractivity (Wildman–Crippen MR) is 76.6 cm³/mol. The summed E-state index contributed by atoms with van der Waals surface area (Å²) in [6.45, 7) is 9.12. The number of aryl methyl sites for hydroxylation is 1. The molecule has 1 atom stereocenters. The van der Waals surface area contributed by atoms with E-state index in [9.17, 15) is 4.79 Å². The Kier molecular flexibility index (Phi) is 6.09. The van der Waals surface area contributed by atoms with Crippen molar-refractivity contribution in [3.05, 3.63) is 23.7 Å². The number of carbonyl (C=O) groups excluding carboxylic acids is 1. The number of hydrogen-bond acceptors (Lipinski definition) is 3. The molecule has 1 amide bonds.